The summed E-state index contributed by atoms with van der Waals surface area (Å²) in [6.45, 7) is 5.47. The van der Waals surface area contributed by atoms with E-state index in [-0.39, 0.29) is 18.7 Å². The summed E-state index contributed by atoms with van der Waals surface area (Å²) >= 11 is 0. The molecular weight excluding hydrogens is 329 g/mol. The Morgan fingerprint density at radius 3 is 2.25 bits per heavy atom. The van der Waals surface area contributed by atoms with Gasteiger partial charge in [0.25, 0.3) is 0 Å². The average molecular weight is 348 g/mol. The smallest absolute Gasteiger partial charge is 0.437 e. The molecule has 0 aliphatic rings. The van der Waals surface area contributed by atoms with Crippen LogP contribution in [0, 0.1) is 0 Å². The van der Waals surface area contributed by atoms with Crippen LogP contribution in [-0.2, 0) is 4.74 Å². The predicted molar refractivity (Wildman–Crippen MR) is 80.6 cm³/mol. The normalized spacial score (nSPS) is 12.7. The molecule has 1 rings (SSSR count). The Balaban J connectivity index is 2.47. The molecule has 0 spiro atoms. The fraction of sp³-hybridized carbons (Fsp3) is 0.467. The molecule has 1 aromatic rings. The van der Waals surface area contributed by atoms with Crippen LogP contribution in [0.1, 0.15) is 26.3 Å². The van der Waals surface area contributed by atoms with Crippen molar-refractivity contribution >= 4 is 11.8 Å². The highest BCUT2D eigenvalue weighted by atomic mass is 19.4. The highest BCUT2D eigenvalue weighted by molar-refractivity contribution is 6.04. The molecule has 2 N–H and O–H groups in total. The molecule has 0 aliphatic carbocycles. The SMILES string of the molecule is CC(C)(C)OC(=O)NCCOc1ccc(/C(=N/O)C(F)(F)F)cc1. The number of benzene rings is 1. The van der Waals surface area contributed by atoms with Gasteiger partial charge < -0.3 is 20.0 Å². The molecule has 0 aliphatic heterocycles. The lowest BCUT2D eigenvalue weighted by molar-refractivity contribution is -0.0601. The minimum absolute atomic E-state index is 0.110. The molecule has 0 bridgehead atoms. The maximum atomic E-state index is 12.6. The molecule has 0 fully saturated rings. The highest BCUT2D eigenvalue weighted by Gasteiger charge is 2.37. The number of nitrogens with one attached hydrogen (secondary N) is 1. The van der Waals surface area contributed by atoms with E-state index in [0.29, 0.717) is 5.75 Å². The van der Waals surface area contributed by atoms with Gasteiger partial charge in [-0.1, -0.05) is 5.16 Å². The molecule has 134 valence electrons. The van der Waals surface area contributed by atoms with Gasteiger partial charge in [-0.25, -0.2) is 4.79 Å². The van der Waals surface area contributed by atoms with E-state index in [1.54, 1.807) is 20.8 Å². The summed E-state index contributed by atoms with van der Waals surface area (Å²) in [5.74, 6) is 0.309. The summed E-state index contributed by atoms with van der Waals surface area (Å²) in [6, 6.07) is 4.86. The van der Waals surface area contributed by atoms with E-state index < -0.39 is 23.6 Å². The van der Waals surface area contributed by atoms with Crippen molar-refractivity contribution in [2.45, 2.75) is 32.5 Å². The van der Waals surface area contributed by atoms with E-state index in [1.165, 1.54) is 12.1 Å². The first-order valence-corrected chi connectivity index (χ1v) is 7.02. The van der Waals surface area contributed by atoms with Crippen LogP contribution in [0.2, 0.25) is 0 Å². The summed E-state index contributed by atoms with van der Waals surface area (Å²) < 4.78 is 48.0. The lowest BCUT2D eigenvalue weighted by Crippen LogP contribution is -2.34. The maximum absolute atomic E-state index is 12.6. The Bertz CT molecular complexity index is 578. The van der Waals surface area contributed by atoms with Gasteiger partial charge in [0, 0.05) is 5.56 Å². The molecular formula is C15H19F3N2O4. The quantitative estimate of drug-likeness (QED) is 0.370. The monoisotopic (exact) mass is 348 g/mol. The number of nitrogens with zero attached hydrogens (tertiary/aromatic N) is 1. The summed E-state index contributed by atoms with van der Waals surface area (Å²) in [5.41, 5.74) is -2.28. The van der Waals surface area contributed by atoms with Gasteiger partial charge in [0.15, 0.2) is 5.71 Å². The predicted octanol–water partition coefficient (Wildman–Crippen LogP) is 3.33. The molecule has 1 aromatic carbocycles. The number of amides is 1. The number of hydrogen-bond acceptors (Lipinski definition) is 5. The molecule has 1 amide bonds. The van der Waals surface area contributed by atoms with Gasteiger partial charge in [-0.2, -0.15) is 13.2 Å². The van der Waals surface area contributed by atoms with Gasteiger partial charge in [0.05, 0.1) is 6.54 Å². The number of rotatable bonds is 5. The first-order valence-electron chi connectivity index (χ1n) is 7.02. The van der Waals surface area contributed by atoms with E-state index in [2.05, 4.69) is 10.5 Å². The number of oxime groups is 1. The number of alkyl halides is 3. The van der Waals surface area contributed by atoms with Crippen LogP contribution in [0.3, 0.4) is 0 Å². The summed E-state index contributed by atoms with van der Waals surface area (Å²) in [6.07, 6.45) is -5.34. The number of ether oxygens (including phenoxy) is 2. The van der Waals surface area contributed by atoms with Crippen LogP contribution in [-0.4, -0.2) is 41.9 Å². The Labute approximate surface area is 137 Å². The molecule has 0 atom stereocenters. The van der Waals surface area contributed by atoms with Crippen molar-refractivity contribution in [3.63, 3.8) is 0 Å². The van der Waals surface area contributed by atoms with Gasteiger partial charge in [-0.15, -0.1) is 0 Å². The molecule has 0 unspecified atom stereocenters. The topological polar surface area (TPSA) is 80.2 Å². The van der Waals surface area contributed by atoms with Crippen LogP contribution in [0.5, 0.6) is 5.75 Å². The zero-order chi connectivity index (χ0) is 18.4. The van der Waals surface area contributed by atoms with E-state index in [4.69, 9.17) is 14.7 Å². The van der Waals surface area contributed by atoms with Gasteiger partial charge in [0.1, 0.15) is 18.0 Å². The van der Waals surface area contributed by atoms with Crippen molar-refractivity contribution in [2.24, 2.45) is 5.16 Å². The first kappa shape index (κ1) is 19.6. The molecule has 6 nitrogen and oxygen atoms in total. The van der Waals surface area contributed by atoms with Crippen molar-refractivity contribution in [3.05, 3.63) is 29.8 Å². The van der Waals surface area contributed by atoms with E-state index in [1.807, 2.05) is 0 Å². The molecule has 0 heterocycles. The molecule has 0 saturated heterocycles. The zero-order valence-corrected chi connectivity index (χ0v) is 13.5. The Hall–Kier alpha value is -2.45. The fourth-order valence-corrected chi connectivity index (χ4v) is 1.62. The summed E-state index contributed by atoms with van der Waals surface area (Å²) in [5, 5.41) is 13.2. The van der Waals surface area contributed by atoms with E-state index >= 15 is 0 Å². The van der Waals surface area contributed by atoms with Crippen LogP contribution in [0.25, 0.3) is 0 Å². The van der Waals surface area contributed by atoms with Gasteiger partial charge in [0.2, 0.25) is 0 Å². The molecule has 0 aromatic heterocycles. The van der Waals surface area contributed by atoms with Crippen molar-refractivity contribution < 1.29 is 32.6 Å². The fourth-order valence-electron chi connectivity index (χ4n) is 1.62. The minimum Gasteiger partial charge on any atom is -0.492 e. The highest BCUT2D eigenvalue weighted by Crippen LogP contribution is 2.23. The van der Waals surface area contributed by atoms with E-state index in [9.17, 15) is 18.0 Å². The largest absolute Gasteiger partial charge is 0.492 e. The van der Waals surface area contributed by atoms with Crippen molar-refractivity contribution in [2.75, 3.05) is 13.2 Å². The van der Waals surface area contributed by atoms with Crippen molar-refractivity contribution in [1.82, 2.24) is 5.32 Å². The average Bonchev–Trinajstić information content (AvgIpc) is 2.42. The van der Waals surface area contributed by atoms with Gasteiger partial charge in [-0.05, 0) is 45.0 Å². The van der Waals surface area contributed by atoms with E-state index in [0.717, 1.165) is 12.1 Å². The molecule has 24 heavy (non-hydrogen) atoms. The summed E-state index contributed by atoms with van der Waals surface area (Å²) in [4.78, 5) is 11.4. The Kier molecular flexibility index (Phi) is 6.44. The Morgan fingerprint density at radius 2 is 1.79 bits per heavy atom. The molecule has 0 saturated carbocycles. The third kappa shape index (κ3) is 6.76. The maximum Gasteiger partial charge on any atom is 0.437 e. The summed E-state index contributed by atoms with van der Waals surface area (Å²) in [7, 11) is 0. The van der Waals surface area contributed by atoms with Crippen molar-refractivity contribution in [3.8, 4) is 5.75 Å². The van der Waals surface area contributed by atoms with Crippen LogP contribution in [0.4, 0.5) is 18.0 Å². The zero-order valence-electron chi connectivity index (χ0n) is 13.5. The first-order chi connectivity index (χ1) is 11.0. The third-order valence-corrected chi connectivity index (χ3v) is 2.54. The number of halogens is 3. The van der Waals surface area contributed by atoms with Gasteiger partial charge in [-0.3, -0.25) is 0 Å². The molecule has 0 radical (unpaired) electrons. The minimum atomic E-state index is -4.76. The lowest BCUT2D eigenvalue weighted by atomic mass is 10.1. The molecule has 9 heteroatoms. The number of hydrogen-bond donors (Lipinski definition) is 2. The third-order valence-electron chi connectivity index (χ3n) is 2.54. The number of carbonyl (C=O) groups excluding carboxylic acids is 1. The second kappa shape index (κ2) is 7.89. The second-order valence-corrected chi connectivity index (χ2v) is 5.75. The number of alkyl carbamates (subject to hydrolysis) is 1. The lowest BCUT2D eigenvalue weighted by Gasteiger charge is -2.19. The van der Waals surface area contributed by atoms with Crippen molar-refractivity contribution in [1.29, 1.82) is 0 Å². The van der Waals surface area contributed by atoms with Crippen LogP contribution < -0.4 is 10.1 Å². The number of carbonyl (C=O) groups is 1. The van der Waals surface area contributed by atoms with Crippen LogP contribution >= 0.6 is 0 Å². The second-order valence-electron chi connectivity index (χ2n) is 5.75. The van der Waals surface area contributed by atoms with Gasteiger partial charge >= 0.3 is 12.3 Å². The van der Waals surface area contributed by atoms with Crippen LogP contribution in [0.15, 0.2) is 29.4 Å². The Morgan fingerprint density at radius 1 is 1.21 bits per heavy atom. The standard InChI is InChI=1S/C15H19F3N2O4/c1-14(2,3)24-13(21)19-8-9-23-11-6-4-10(5-7-11)12(20-22)15(16,17)18/h4-7,22H,8-9H2,1-3H3,(H,19,21)/b20-12-.